The van der Waals surface area contributed by atoms with E-state index >= 15 is 0 Å². The Morgan fingerprint density at radius 3 is 2.62 bits per heavy atom. The van der Waals surface area contributed by atoms with Gasteiger partial charge in [0.25, 0.3) is 0 Å². The summed E-state index contributed by atoms with van der Waals surface area (Å²) in [7, 11) is 0. The number of halogens is 5. The molecule has 0 spiro atoms. The number of ether oxygens (including phenoxy) is 1. The molecule has 0 fully saturated rings. The molecule has 0 aliphatic carbocycles. The molecule has 1 aromatic carbocycles. The summed E-state index contributed by atoms with van der Waals surface area (Å²) in [5.41, 5.74) is -1.20. The van der Waals surface area contributed by atoms with Gasteiger partial charge in [-0.05, 0) is 19.1 Å². The van der Waals surface area contributed by atoms with Crippen molar-refractivity contribution in [3.8, 4) is 5.75 Å². The van der Waals surface area contributed by atoms with Gasteiger partial charge in [-0.15, -0.1) is 0 Å². The first kappa shape index (κ1) is 17.7. The van der Waals surface area contributed by atoms with Gasteiger partial charge in [-0.25, -0.2) is 13.8 Å². The van der Waals surface area contributed by atoms with Gasteiger partial charge < -0.3 is 15.4 Å². The van der Waals surface area contributed by atoms with Crippen molar-refractivity contribution in [1.82, 2.24) is 9.97 Å². The Kier molecular flexibility index (Phi) is 5.37. The minimum absolute atomic E-state index is 0.0419. The Morgan fingerprint density at radius 2 is 2.00 bits per heavy atom. The van der Waals surface area contributed by atoms with Crippen LogP contribution in [0.1, 0.15) is 12.5 Å². The Bertz CT molecular complexity index is 708. The fraction of sp³-hybridized carbons (Fsp3) is 0.286. The first-order valence-electron chi connectivity index (χ1n) is 6.78. The highest BCUT2D eigenvalue weighted by Crippen LogP contribution is 2.34. The van der Waals surface area contributed by atoms with Crippen molar-refractivity contribution in [3.63, 3.8) is 0 Å². The summed E-state index contributed by atoms with van der Waals surface area (Å²) in [5, 5.41) is 4.92. The maximum absolute atomic E-state index is 13.7. The maximum Gasteiger partial charge on any atom is 0.421 e. The lowest BCUT2D eigenvalue weighted by atomic mass is 10.3. The van der Waals surface area contributed by atoms with Crippen LogP contribution in [-0.2, 0) is 6.18 Å². The first-order chi connectivity index (χ1) is 11.3. The quantitative estimate of drug-likeness (QED) is 0.769. The van der Waals surface area contributed by atoms with E-state index in [-0.39, 0.29) is 23.9 Å². The van der Waals surface area contributed by atoms with E-state index in [0.717, 1.165) is 12.1 Å². The van der Waals surface area contributed by atoms with Crippen LogP contribution in [-0.4, -0.2) is 23.4 Å². The summed E-state index contributed by atoms with van der Waals surface area (Å²) >= 11 is 0. The molecule has 130 valence electrons. The van der Waals surface area contributed by atoms with Crippen molar-refractivity contribution in [2.45, 2.75) is 13.1 Å². The van der Waals surface area contributed by atoms with Crippen LogP contribution in [0.25, 0.3) is 0 Å². The Morgan fingerprint density at radius 1 is 1.25 bits per heavy atom. The zero-order valence-electron chi connectivity index (χ0n) is 12.4. The molecule has 0 saturated heterocycles. The molecule has 0 radical (unpaired) electrons. The van der Waals surface area contributed by atoms with Crippen LogP contribution in [0, 0.1) is 5.82 Å². The minimum Gasteiger partial charge on any atom is -0.463 e. The first-order valence-corrected chi connectivity index (χ1v) is 6.78. The van der Waals surface area contributed by atoms with E-state index in [1.165, 1.54) is 6.07 Å². The second-order valence-corrected chi connectivity index (χ2v) is 4.50. The van der Waals surface area contributed by atoms with E-state index in [9.17, 15) is 22.0 Å². The number of hydrogen-bond acceptors (Lipinski definition) is 5. The van der Waals surface area contributed by atoms with E-state index in [0.29, 0.717) is 6.20 Å². The van der Waals surface area contributed by atoms with Crippen molar-refractivity contribution >= 4 is 17.5 Å². The molecule has 0 amide bonds. The highest BCUT2D eigenvalue weighted by atomic mass is 19.4. The molecule has 1 heterocycles. The van der Waals surface area contributed by atoms with Crippen LogP contribution in [0.3, 0.4) is 0 Å². The SMILES string of the molecule is CCNc1nc(Nc2cc(OCF)ccc2F)ncc1C(F)(F)F. The van der Waals surface area contributed by atoms with Crippen molar-refractivity contribution < 1.29 is 26.7 Å². The second kappa shape index (κ2) is 7.28. The molecular formula is C14H13F5N4O. The predicted molar refractivity (Wildman–Crippen MR) is 77.5 cm³/mol. The molecule has 10 heteroatoms. The van der Waals surface area contributed by atoms with Crippen LogP contribution in [0.2, 0.25) is 0 Å². The normalized spacial score (nSPS) is 11.2. The number of hydrogen-bond donors (Lipinski definition) is 2. The Labute approximate surface area is 133 Å². The summed E-state index contributed by atoms with van der Waals surface area (Å²) in [4.78, 5) is 7.24. The molecule has 0 saturated carbocycles. The van der Waals surface area contributed by atoms with E-state index in [1.807, 2.05) is 0 Å². The fourth-order valence-corrected chi connectivity index (χ4v) is 1.83. The Hall–Kier alpha value is -2.65. The van der Waals surface area contributed by atoms with Crippen molar-refractivity contribution in [2.24, 2.45) is 0 Å². The molecule has 0 unspecified atom stereocenters. The summed E-state index contributed by atoms with van der Waals surface area (Å²) < 4.78 is 69.1. The minimum atomic E-state index is -4.63. The number of nitrogens with zero attached hydrogens (tertiary/aromatic N) is 2. The molecule has 24 heavy (non-hydrogen) atoms. The third-order valence-electron chi connectivity index (χ3n) is 2.84. The molecule has 2 rings (SSSR count). The lowest BCUT2D eigenvalue weighted by molar-refractivity contribution is -0.137. The van der Waals surface area contributed by atoms with Crippen molar-refractivity contribution in [1.29, 1.82) is 0 Å². The molecule has 2 aromatic rings. The molecule has 2 N–H and O–H groups in total. The molecule has 0 aliphatic rings. The smallest absolute Gasteiger partial charge is 0.421 e. The maximum atomic E-state index is 13.7. The third kappa shape index (κ3) is 4.21. The average Bonchev–Trinajstić information content (AvgIpc) is 2.50. The van der Waals surface area contributed by atoms with Crippen molar-refractivity contribution in [3.05, 3.63) is 35.8 Å². The highest BCUT2D eigenvalue weighted by Gasteiger charge is 2.35. The molecule has 0 bridgehead atoms. The zero-order chi connectivity index (χ0) is 17.7. The van der Waals surface area contributed by atoms with Crippen LogP contribution in [0.5, 0.6) is 5.75 Å². The largest absolute Gasteiger partial charge is 0.463 e. The number of aromatic nitrogens is 2. The van der Waals surface area contributed by atoms with Gasteiger partial charge in [-0.2, -0.15) is 18.2 Å². The lowest BCUT2D eigenvalue weighted by Gasteiger charge is -2.14. The topological polar surface area (TPSA) is 59.1 Å². The van der Waals surface area contributed by atoms with Gasteiger partial charge in [0, 0.05) is 18.8 Å². The zero-order valence-corrected chi connectivity index (χ0v) is 12.4. The predicted octanol–water partition coefficient (Wildman–Crippen LogP) is 4.12. The van der Waals surface area contributed by atoms with Gasteiger partial charge in [0.05, 0.1) is 5.69 Å². The van der Waals surface area contributed by atoms with Gasteiger partial charge in [0.2, 0.25) is 12.8 Å². The van der Waals surface area contributed by atoms with E-state index < -0.39 is 30.2 Å². The van der Waals surface area contributed by atoms with E-state index in [1.54, 1.807) is 6.92 Å². The van der Waals surface area contributed by atoms with E-state index in [4.69, 9.17) is 0 Å². The Balaban J connectivity index is 2.33. The molecular weight excluding hydrogens is 335 g/mol. The fourth-order valence-electron chi connectivity index (χ4n) is 1.83. The number of nitrogens with one attached hydrogen (secondary N) is 2. The summed E-state index contributed by atoms with van der Waals surface area (Å²) in [6.45, 7) is 0.701. The summed E-state index contributed by atoms with van der Waals surface area (Å²) in [6, 6.07) is 3.36. The molecule has 0 atom stereocenters. The monoisotopic (exact) mass is 348 g/mol. The van der Waals surface area contributed by atoms with Crippen LogP contribution in [0.15, 0.2) is 24.4 Å². The number of anilines is 3. The molecule has 5 nitrogen and oxygen atoms in total. The number of benzene rings is 1. The molecule has 1 aromatic heterocycles. The molecule has 0 aliphatic heterocycles. The highest BCUT2D eigenvalue weighted by molar-refractivity contribution is 5.59. The van der Waals surface area contributed by atoms with Crippen LogP contribution >= 0.6 is 0 Å². The standard InChI is InChI=1S/C14H13F5N4O/c1-2-20-12-9(14(17,18)19)6-21-13(23-12)22-11-5-8(24-7-15)3-4-10(11)16/h3-6H,2,7H2,1H3,(H2,20,21,22,23). The van der Waals surface area contributed by atoms with Gasteiger partial charge in [-0.3, -0.25) is 0 Å². The van der Waals surface area contributed by atoms with Gasteiger partial charge in [0.15, 0.2) is 0 Å². The van der Waals surface area contributed by atoms with E-state index in [2.05, 4.69) is 25.3 Å². The second-order valence-electron chi connectivity index (χ2n) is 4.50. The van der Waals surface area contributed by atoms with Gasteiger partial charge >= 0.3 is 6.18 Å². The van der Waals surface area contributed by atoms with Gasteiger partial charge in [0.1, 0.15) is 22.9 Å². The number of alkyl halides is 4. The van der Waals surface area contributed by atoms with Gasteiger partial charge in [-0.1, -0.05) is 0 Å². The average molecular weight is 348 g/mol. The third-order valence-corrected chi connectivity index (χ3v) is 2.84. The van der Waals surface area contributed by atoms with Crippen molar-refractivity contribution in [2.75, 3.05) is 24.0 Å². The van der Waals surface area contributed by atoms with Crippen LogP contribution in [0.4, 0.5) is 39.4 Å². The summed E-state index contributed by atoms with van der Waals surface area (Å²) in [5.74, 6) is -1.37. The lowest BCUT2D eigenvalue weighted by Crippen LogP contribution is -2.14. The van der Waals surface area contributed by atoms with Crippen LogP contribution < -0.4 is 15.4 Å². The number of rotatable bonds is 6. The summed E-state index contributed by atoms with van der Waals surface area (Å²) in [6.07, 6.45) is -4.04.